The molecule has 1 saturated heterocycles. The molecule has 1 aromatic carbocycles. The van der Waals surface area contributed by atoms with Gasteiger partial charge in [0.15, 0.2) is 11.5 Å². The summed E-state index contributed by atoms with van der Waals surface area (Å²) in [6.45, 7) is 12.8. The minimum atomic E-state index is -0.942. The molecule has 7 unspecified atom stereocenters. The van der Waals surface area contributed by atoms with Gasteiger partial charge in [0.25, 0.3) is 0 Å². The van der Waals surface area contributed by atoms with Gasteiger partial charge in [-0.2, -0.15) is 0 Å². The lowest BCUT2D eigenvalue weighted by Gasteiger charge is -2.75. The van der Waals surface area contributed by atoms with Gasteiger partial charge < -0.3 is 19.3 Å². The number of piperidine rings is 1. The topological polar surface area (TPSA) is 68.2 Å². The van der Waals surface area contributed by atoms with Gasteiger partial charge in [-0.15, -0.1) is 0 Å². The van der Waals surface area contributed by atoms with Crippen LogP contribution in [0, 0.1) is 22.7 Å². The predicted octanol–water partition coefficient (Wildman–Crippen LogP) is 5.41. The van der Waals surface area contributed by atoms with Gasteiger partial charge in [-0.05, 0) is 87.8 Å². The molecule has 214 valence electrons. The number of hydrogen-bond acceptors (Lipinski definition) is 6. The number of aliphatic hydroxyl groups is 1. The number of rotatable bonds is 7. The quantitative estimate of drug-likeness (QED) is 0.370. The lowest BCUT2D eigenvalue weighted by atomic mass is 9.33. The SMILES string of the molecule is CCCC(=O)Oc1ccc2c3c1OC1C4(OC)CCC5(CC4C(C)(O)C(C)(C)C)C(C2)N(CC2CC2)CCC315. The third kappa shape index (κ3) is 3.17. The zero-order valence-corrected chi connectivity index (χ0v) is 24.8. The van der Waals surface area contributed by atoms with E-state index >= 15 is 0 Å². The van der Waals surface area contributed by atoms with Crippen LogP contribution in [-0.2, 0) is 21.4 Å². The van der Waals surface area contributed by atoms with E-state index in [4.69, 9.17) is 14.2 Å². The number of benzene rings is 1. The summed E-state index contributed by atoms with van der Waals surface area (Å²) in [4.78, 5) is 15.5. The summed E-state index contributed by atoms with van der Waals surface area (Å²) in [6.07, 6.45) is 8.59. The lowest BCUT2D eigenvalue weighted by molar-refractivity contribution is -0.312. The maximum absolute atomic E-state index is 12.7. The van der Waals surface area contributed by atoms with Crippen molar-refractivity contribution in [1.29, 1.82) is 0 Å². The normalized spacial score (nSPS) is 39.6. The Balaban J connectivity index is 1.43. The number of methoxy groups -OCH3 is 1. The van der Waals surface area contributed by atoms with E-state index in [9.17, 15) is 9.90 Å². The molecule has 8 rings (SSSR count). The van der Waals surface area contributed by atoms with Crippen molar-refractivity contribution in [2.24, 2.45) is 22.7 Å². The van der Waals surface area contributed by atoms with Gasteiger partial charge in [0.1, 0.15) is 11.7 Å². The Kier molecular flexibility index (Phi) is 5.54. The van der Waals surface area contributed by atoms with Crippen molar-refractivity contribution in [1.82, 2.24) is 4.90 Å². The molecule has 2 heterocycles. The minimum Gasteiger partial charge on any atom is -0.482 e. The molecule has 39 heavy (non-hydrogen) atoms. The van der Waals surface area contributed by atoms with E-state index in [1.54, 1.807) is 0 Å². The van der Waals surface area contributed by atoms with E-state index in [0.717, 1.165) is 56.7 Å². The van der Waals surface area contributed by atoms with Crippen LogP contribution < -0.4 is 9.47 Å². The molecule has 7 atom stereocenters. The number of nitrogens with zero attached hydrogens (tertiary/aromatic N) is 1. The minimum absolute atomic E-state index is 0.00467. The standard InChI is InChI=1S/C33H47NO5/c1-7-8-25(35)38-22-12-11-21-17-24-31-13-14-33(37-6,23(18-31)30(5,36)29(2,3)4)28-32(31,26(21)27(22)39-28)15-16-34(24)19-20-9-10-20/h11-12,20,23-24,28,36H,7-10,13-19H2,1-6H3. The molecule has 1 aromatic rings. The lowest BCUT2D eigenvalue weighted by Crippen LogP contribution is -2.83. The highest BCUT2D eigenvalue weighted by atomic mass is 16.6. The molecular formula is C33H47NO5. The molecule has 0 radical (unpaired) electrons. The monoisotopic (exact) mass is 537 g/mol. The molecule has 5 fully saturated rings. The molecule has 2 spiro atoms. The molecular weight excluding hydrogens is 490 g/mol. The molecule has 1 N–H and O–H groups in total. The summed E-state index contributed by atoms with van der Waals surface area (Å²) in [5.41, 5.74) is 0.590. The number of esters is 1. The van der Waals surface area contributed by atoms with Crippen molar-refractivity contribution in [3.63, 3.8) is 0 Å². The fraction of sp³-hybridized carbons (Fsp3) is 0.788. The van der Waals surface area contributed by atoms with Gasteiger partial charge >= 0.3 is 5.97 Å². The summed E-state index contributed by atoms with van der Waals surface area (Å²) in [5, 5.41) is 12.4. The van der Waals surface area contributed by atoms with Crippen LogP contribution in [0.3, 0.4) is 0 Å². The molecule has 4 saturated carbocycles. The first kappa shape index (κ1) is 26.3. The maximum Gasteiger partial charge on any atom is 0.311 e. The Labute approximate surface area is 233 Å². The highest BCUT2D eigenvalue weighted by molar-refractivity contribution is 5.75. The summed E-state index contributed by atoms with van der Waals surface area (Å²) in [7, 11) is 1.83. The van der Waals surface area contributed by atoms with E-state index in [-0.39, 0.29) is 34.2 Å². The zero-order chi connectivity index (χ0) is 27.6. The third-order valence-corrected chi connectivity index (χ3v) is 12.5. The Morgan fingerprint density at radius 3 is 2.62 bits per heavy atom. The first-order valence-electron chi connectivity index (χ1n) is 15.5. The van der Waals surface area contributed by atoms with Gasteiger partial charge in [0, 0.05) is 48.4 Å². The van der Waals surface area contributed by atoms with E-state index in [1.165, 1.54) is 30.5 Å². The Bertz CT molecular complexity index is 1200. The van der Waals surface area contributed by atoms with Crippen molar-refractivity contribution in [3.8, 4) is 11.5 Å². The van der Waals surface area contributed by atoms with E-state index in [0.29, 0.717) is 18.2 Å². The molecule has 0 aromatic heterocycles. The number of hydrogen-bond donors (Lipinski definition) is 1. The molecule has 0 amide bonds. The van der Waals surface area contributed by atoms with Crippen LogP contribution >= 0.6 is 0 Å². The summed E-state index contributed by atoms with van der Waals surface area (Å²) in [5.74, 6) is 1.91. The number of ether oxygens (including phenoxy) is 3. The average molecular weight is 538 g/mol. The molecule has 2 aliphatic heterocycles. The van der Waals surface area contributed by atoms with Gasteiger partial charge in [-0.3, -0.25) is 9.69 Å². The molecule has 7 aliphatic rings. The van der Waals surface area contributed by atoms with Gasteiger partial charge in [0.2, 0.25) is 0 Å². The van der Waals surface area contributed by atoms with Crippen molar-refractivity contribution in [2.75, 3.05) is 20.2 Å². The highest BCUT2D eigenvalue weighted by Crippen LogP contribution is 2.78. The number of carbonyl (C=O) groups is 1. The van der Waals surface area contributed by atoms with Crippen LogP contribution in [0.2, 0.25) is 0 Å². The second-order valence-electron chi connectivity index (χ2n) is 15.0. The van der Waals surface area contributed by atoms with Crippen molar-refractivity contribution < 1.29 is 24.1 Å². The first-order chi connectivity index (χ1) is 18.4. The Morgan fingerprint density at radius 1 is 1.18 bits per heavy atom. The van der Waals surface area contributed by atoms with Crippen LogP contribution in [0.15, 0.2) is 12.1 Å². The maximum atomic E-state index is 12.7. The summed E-state index contributed by atoms with van der Waals surface area (Å²) < 4.78 is 19.8. The second-order valence-corrected chi connectivity index (χ2v) is 15.0. The number of likely N-dealkylation sites (tertiary alicyclic amines) is 1. The van der Waals surface area contributed by atoms with Crippen LogP contribution in [0.25, 0.3) is 0 Å². The largest absolute Gasteiger partial charge is 0.482 e. The summed E-state index contributed by atoms with van der Waals surface area (Å²) >= 11 is 0. The predicted molar refractivity (Wildman–Crippen MR) is 149 cm³/mol. The van der Waals surface area contributed by atoms with Gasteiger partial charge in [-0.25, -0.2) is 0 Å². The van der Waals surface area contributed by atoms with Crippen molar-refractivity contribution in [2.45, 2.75) is 121 Å². The van der Waals surface area contributed by atoms with Gasteiger partial charge in [0.05, 0.1) is 5.60 Å². The molecule has 6 nitrogen and oxygen atoms in total. The van der Waals surface area contributed by atoms with Crippen molar-refractivity contribution in [3.05, 3.63) is 23.3 Å². The fourth-order valence-corrected chi connectivity index (χ4v) is 10.0. The second kappa shape index (κ2) is 8.23. The number of carbonyl (C=O) groups excluding carboxylic acids is 1. The molecule has 5 aliphatic carbocycles. The van der Waals surface area contributed by atoms with Crippen LogP contribution in [0.4, 0.5) is 0 Å². The summed E-state index contributed by atoms with van der Waals surface area (Å²) in [6, 6.07) is 4.61. The first-order valence-corrected chi connectivity index (χ1v) is 15.5. The van der Waals surface area contributed by atoms with E-state index in [1.807, 2.05) is 27.0 Å². The van der Waals surface area contributed by atoms with Gasteiger partial charge in [-0.1, -0.05) is 33.8 Å². The highest BCUT2D eigenvalue weighted by Gasteiger charge is 2.82. The van der Waals surface area contributed by atoms with Crippen LogP contribution in [-0.4, -0.2) is 59.5 Å². The van der Waals surface area contributed by atoms with E-state index in [2.05, 4.69) is 31.7 Å². The smallest absolute Gasteiger partial charge is 0.311 e. The van der Waals surface area contributed by atoms with Crippen LogP contribution in [0.1, 0.15) is 97.1 Å². The van der Waals surface area contributed by atoms with Crippen molar-refractivity contribution >= 4 is 5.97 Å². The number of fused-ring (bicyclic) bond motifs is 2. The Morgan fingerprint density at radius 2 is 1.95 bits per heavy atom. The molecule has 4 bridgehead atoms. The third-order valence-electron chi connectivity index (χ3n) is 12.5. The fourth-order valence-electron chi connectivity index (χ4n) is 10.0. The Hall–Kier alpha value is -1.63. The average Bonchev–Trinajstić information content (AvgIpc) is 3.62. The van der Waals surface area contributed by atoms with Crippen LogP contribution in [0.5, 0.6) is 11.5 Å². The molecule has 6 heteroatoms. The zero-order valence-electron chi connectivity index (χ0n) is 24.8. The van der Waals surface area contributed by atoms with E-state index < -0.39 is 11.2 Å².